The maximum Gasteiger partial charge on any atom is 0.429 e. The predicted molar refractivity (Wildman–Crippen MR) is 88.8 cm³/mol. The number of aromatic nitrogens is 3. The number of nitrogens with zero attached hydrogens (tertiary/aromatic N) is 3. The van der Waals surface area contributed by atoms with Crippen LogP contribution in [0.4, 0.5) is 26.3 Å². The maximum atomic E-state index is 13.4. The summed E-state index contributed by atoms with van der Waals surface area (Å²) < 4.78 is 83.1. The van der Waals surface area contributed by atoms with Gasteiger partial charge >= 0.3 is 18.3 Å². The maximum absolute atomic E-state index is 13.4. The van der Waals surface area contributed by atoms with Crippen molar-refractivity contribution in [3.63, 3.8) is 0 Å². The van der Waals surface area contributed by atoms with Gasteiger partial charge in [-0.25, -0.2) is 19.7 Å². The van der Waals surface area contributed by atoms with Gasteiger partial charge in [-0.15, -0.1) is 11.3 Å². The largest absolute Gasteiger partial charge is 0.443 e. The van der Waals surface area contributed by atoms with E-state index in [1.165, 1.54) is 18.5 Å². The van der Waals surface area contributed by atoms with E-state index in [1.54, 1.807) is 0 Å². The highest BCUT2D eigenvalue weighted by Gasteiger charge is 2.45. The van der Waals surface area contributed by atoms with Gasteiger partial charge in [-0.05, 0) is 18.2 Å². The van der Waals surface area contributed by atoms with Crippen molar-refractivity contribution in [1.29, 1.82) is 0 Å². The molecule has 0 bridgehead atoms. The molecule has 0 spiro atoms. The molecule has 2 heterocycles. The zero-order valence-electron chi connectivity index (χ0n) is 14.0. The minimum atomic E-state index is -5.14. The summed E-state index contributed by atoms with van der Waals surface area (Å²) in [5, 5.41) is 1.31. The molecule has 5 nitrogen and oxygen atoms in total. The Labute approximate surface area is 163 Å². The van der Waals surface area contributed by atoms with Crippen LogP contribution >= 0.6 is 11.3 Å². The predicted octanol–water partition coefficient (Wildman–Crippen LogP) is 5.08. The molecule has 0 saturated heterocycles. The number of esters is 1. The van der Waals surface area contributed by atoms with E-state index in [-0.39, 0.29) is 16.9 Å². The molecule has 2 aromatic heterocycles. The number of rotatable bonds is 4. The molecular formula is C17H9F6N3O2S. The monoisotopic (exact) mass is 433 g/mol. The molecule has 152 valence electrons. The Morgan fingerprint density at radius 2 is 1.72 bits per heavy atom. The second-order valence-corrected chi connectivity index (χ2v) is 6.42. The summed E-state index contributed by atoms with van der Waals surface area (Å²) in [6, 6.07) is 4.04. The Morgan fingerprint density at radius 1 is 1.03 bits per heavy atom. The summed E-state index contributed by atoms with van der Waals surface area (Å²) in [5.41, 5.74) is -2.60. The molecule has 1 unspecified atom stereocenters. The van der Waals surface area contributed by atoms with Gasteiger partial charge in [0.15, 0.2) is 16.5 Å². The Hall–Kier alpha value is -3.02. The first kappa shape index (κ1) is 20.7. The topological polar surface area (TPSA) is 65.0 Å². The molecule has 29 heavy (non-hydrogen) atoms. The van der Waals surface area contributed by atoms with Crippen molar-refractivity contribution in [2.75, 3.05) is 0 Å². The van der Waals surface area contributed by atoms with Crippen LogP contribution in [-0.4, -0.2) is 27.1 Å². The first-order chi connectivity index (χ1) is 13.6. The van der Waals surface area contributed by atoms with Crippen molar-refractivity contribution < 1.29 is 35.9 Å². The van der Waals surface area contributed by atoms with Gasteiger partial charge in [0.05, 0.1) is 5.56 Å². The standard InChI is InChI=1S/C17H9F6N3O2S/c18-16(19,20)10-4-1-3-9(7-10)12(17(21,22)23)28-15(27)11-8-29-14(26-11)13-24-5-2-6-25-13/h1-8,12H. The minimum absolute atomic E-state index is 0.154. The Balaban J connectivity index is 1.87. The van der Waals surface area contributed by atoms with Crippen molar-refractivity contribution >= 4 is 17.3 Å². The fourth-order valence-corrected chi connectivity index (χ4v) is 2.98. The van der Waals surface area contributed by atoms with E-state index in [4.69, 9.17) is 0 Å². The molecule has 0 aliphatic heterocycles. The van der Waals surface area contributed by atoms with Gasteiger partial charge in [-0.1, -0.05) is 12.1 Å². The van der Waals surface area contributed by atoms with Gasteiger partial charge in [-0.2, -0.15) is 26.3 Å². The molecule has 0 aliphatic rings. The zero-order valence-corrected chi connectivity index (χ0v) is 14.8. The Kier molecular flexibility index (Phi) is 5.55. The summed E-state index contributed by atoms with van der Waals surface area (Å²) in [5.74, 6) is -1.29. The quantitative estimate of drug-likeness (QED) is 0.424. The number of hydrogen-bond donors (Lipinski definition) is 0. The van der Waals surface area contributed by atoms with Crippen molar-refractivity contribution in [3.05, 3.63) is 64.9 Å². The SMILES string of the molecule is O=C(OC(c1cccc(C(F)(F)F)c1)C(F)(F)F)c1csc(-c2ncccn2)n1. The van der Waals surface area contributed by atoms with E-state index in [9.17, 15) is 31.1 Å². The molecule has 0 amide bonds. The lowest BCUT2D eigenvalue weighted by atomic mass is 10.1. The molecule has 0 saturated carbocycles. The van der Waals surface area contributed by atoms with Crippen LogP contribution in [-0.2, 0) is 10.9 Å². The van der Waals surface area contributed by atoms with E-state index in [0.29, 0.717) is 6.07 Å². The lowest BCUT2D eigenvalue weighted by Gasteiger charge is -2.21. The van der Waals surface area contributed by atoms with Crippen LogP contribution in [0.1, 0.15) is 27.7 Å². The van der Waals surface area contributed by atoms with Gasteiger partial charge in [0.1, 0.15) is 0 Å². The van der Waals surface area contributed by atoms with Crippen LogP contribution < -0.4 is 0 Å². The van der Waals surface area contributed by atoms with Crippen molar-refractivity contribution in [2.24, 2.45) is 0 Å². The molecule has 3 aromatic rings. The van der Waals surface area contributed by atoms with E-state index in [1.807, 2.05) is 0 Å². The number of carbonyl (C=O) groups is 1. The number of hydrogen-bond acceptors (Lipinski definition) is 6. The highest BCUT2D eigenvalue weighted by Crippen LogP contribution is 2.39. The average molecular weight is 433 g/mol. The lowest BCUT2D eigenvalue weighted by Crippen LogP contribution is -2.26. The third-order valence-electron chi connectivity index (χ3n) is 3.51. The van der Waals surface area contributed by atoms with Crippen LogP contribution in [0.3, 0.4) is 0 Å². The highest BCUT2D eigenvalue weighted by atomic mass is 32.1. The zero-order chi connectivity index (χ0) is 21.2. The average Bonchev–Trinajstić information content (AvgIpc) is 3.15. The fraction of sp³-hybridized carbons (Fsp3) is 0.176. The molecule has 0 N–H and O–H groups in total. The van der Waals surface area contributed by atoms with Gasteiger partial charge in [0.2, 0.25) is 6.10 Å². The summed E-state index contributed by atoms with van der Waals surface area (Å²) in [6.07, 6.45) is -10.1. The molecule has 0 aliphatic carbocycles. The number of carbonyl (C=O) groups excluding carboxylic acids is 1. The van der Waals surface area contributed by atoms with E-state index in [0.717, 1.165) is 28.8 Å². The van der Waals surface area contributed by atoms with Crippen LogP contribution in [0.25, 0.3) is 10.8 Å². The van der Waals surface area contributed by atoms with Gasteiger partial charge in [-0.3, -0.25) is 0 Å². The molecule has 1 atom stereocenters. The molecule has 0 fully saturated rings. The first-order valence-corrected chi connectivity index (χ1v) is 8.61. The van der Waals surface area contributed by atoms with Crippen molar-refractivity contribution in [1.82, 2.24) is 15.0 Å². The van der Waals surface area contributed by atoms with Crippen LogP contribution in [0.5, 0.6) is 0 Å². The summed E-state index contributed by atoms with van der Waals surface area (Å²) >= 11 is 0.900. The Morgan fingerprint density at radius 3 is 2.34 bits per heavy atom. The summed E-state index contributed by atoms with van der Waals surface area (Å²) in [4.78, 5) is 23.8. The number of ether oxygens (including phenoxy) is 1. The van der Waals surface area contributed by atoms with Crippen molar-refractivity contribution in [3.8, 4) is 10.8 Å². The third-order valence-corrected chi connectivity index (χ3v) is 4.35. The molecule has 0 radical (unpaired) electrons. The van der Waals surface area contributed by atoms with Gasteiger partial charge in [0, 0.05) is 23.3 Å². The third kappa shape index (κ3) is 4.88. The van der Waals surface area contributed by atoms with Crippen LogP contribution in [0.2, 0.25) is 0 Å². The normalized spacial score (nSPS) is 13.2. The number of thiazole rings is 1. The van der Waals surface area contributed by atoms with Crippen molar-refractivity contribution in [2.45, 2.75) is 18.5 Å². The highest BCUT2D eigenvalue weighted by molar-refractivity contribution is 7.13. The second kappa shape index (κ2) is 7.78. The molecule has 12 heteroatoms. The number of halogens is 6. The second-order valence-electron chi connectivity index (χ2n) is 5.56. The summed E-state index contributed by atoms with van der Waals surface area (Å²) in [7, 11) is 0. The van der Waals surface area contributed by atoms with E-state index in [2.05, 4.69) is 19.7 Å². The van der Waals surface area contributed by atoms with Gasteiger partial charge in [0.25, 0.3) is 0 Å². The van der Waals surface area contributed by atoms with E-state index >= 15 is 0 Å². The number of benzene rings is 1. The summed E-state index contributed by atoms with van der Waals surface area (Å²) in [6.45, 7) is 0. The van der Waals surface area contributed by atoms with E-state index < -0.39 is 41.2 Å². The van der Waals surface area contributed by atoms with Crippen LogP contribution in [0, 0.1) is 0 Å². The molecular weight excluding hydrogens is 424 g/mol. The molecule has 1 aromatic carbocycles. The lowest BCUT2D eigenvalue weighted by molar-refractivity contribution is -0.207. The fourth-order valence-electron chi connectivity index (χ4n) is 2.25. The van der Waals surface area contributed by atoms with Crippen LogP contribution in [0.15, 0.2) is 48.1 Å². The molecule has 3 rings (SSSR count). The number of alkyl halides is 6. The first-order valence-electron chi connectivity index (χ1n) is 7.73. The van der Waals surface area contributed by atoms with Gasteiger partial charge < -0.3 is 4.74 Å². The minimum Gasteiger partial charge on any atom is -0.443 e. The smallest absolute Gasteiger partial charge is 0.429 e. The Bertz CT molecular complexity index is 1000.